The zero-order valence-electron chi connectivity index (χ0n) is 11.6. The van der Waals surface area contributed by atoms with Gasteiger partial charge >= 0.3 is 0 Å². The van der Waals surface area contributed by atoms with Crippen molar-refractivity contribution in [2.24, 2.45) is 5.73 Å². The van der Waals surface area contributed by atoms with Crippen LogP contribution in [0.4, 0.5) is 0 Å². The Morgan fingerprint density at radius 3 is 2.76 bits per heavy atom. The molecule has 0 fully saturated rings. The summed E-state index contributed by atoms with van der Waals surface area (Å²) in [5.41, 5.74) is 8.63. The van der Waals surface area contributed by atoms with E-state index in [1.54, 1.807) is 6.07 Å². The minimum atomic E-state index is -0.0593. The molecule has 0 spiro atoms. The minimum Gasteiger partial charge on any atom is -0.493 e. The van der Waals surface area contributed by atoms with E-state index in [0.29, 0.717) is 16.0 Å². The number of para-hydroxylation sites is 1. The van der Waals surface area contributed by atoms with Crippen molar-refractivity contribution in [3.8, 4) is 5.75 Å². The van der Waals surface area contributed by atoms with Crippen molar-refractivity contribution in [3.05, 3.63) is 63.6 Å². The molecule has 0 aliphatic carbocycles. The highest BCUT2D eigenvalue weighted by Crippen LogP contribution is 2.38. The molecule has 0 radical (unpaired) electrons. The van der Waals surface area contributed by atoms with Crippen molar-refractivity contribution in [2.75, 3.05) is 6.61 Å². The molecule has 0 amide bonds. The van der Waals surface area contributed by atoms with Gasteiger partial charge in [-0.05, 0) is 48.1 Å². The highest BCUT2D eigenvalue weighted by atomic mass is 35.5. The number of ether oxygens (including phenoxy) is 1. The summed E-state index contributed by atoms with van der Waals surface area (Å²) in [7, 11) is 0. The Morgan fingerprint density at radius 1 is 1.14 bits per heavy atom. The average Bonchev–Trinajstić information content (AvgIpc) is 2.50. The van der Waals surface area contributed by atoms with Crippen molar-refractivity contribution in [1.29, 1.82) is 0 Å². The van der Waals surface area contributed by atoms with E-state index in [4.69, 9.17) is 33.7 Å². The Hall–Kier alpha value is -1.22. The summed E-state index contributed by atoms with van der Waals surface area (Å²) in [6, 6.07) is 13.7. The monoisotopic (exact) mass is 321 g/mol. The van der Waals surface area contributed by atoms with Crippen LogP contribution in [0.5, 0.6) is 5.75 Å². The molecule has 2 aromatic rings. The topological polar surface area (TPSA) is 35.2 Å². The lowest BCUT2D eigenvalue weighted by Crippen LogP contribution is -2.20. The van der Waals surface area contributed by atoms with Crippen molar-refractivity contribution >= 4 is 23.2 Å². The first-order valence-corrected chi connectivity index (χ1v) is 7.83. The highest BCUT2D eigenvalue weighted by Gasteiger charge is 2.23. The van der Waals surface area contributed by atoms with Crippen molar-refractivity contribution in [3.63, 3.8) is 0 Å². The van der Waals surface area contributed by atoms with Gasteiger partial charge in [0.2, 0.25) is 0 Å². The fourth-order valence-corrected chi connectivity index (χ4v) is 3.15. The van der Waals surface area contributed by atoms with E-state index < -0.39 is 0 Å². The molecule has 110 valence electrons. The third-order valence-electron chi connectivity index (χ3n) is 3.99. The van der Waals surface area contributed by atoms with Crippen LogP contribution in [-0.4, -0.2) is 6.61 Å². The zero-order chi connectivity index (χ0) is 14.8. The summed E-state index contributed by atoms with van der Waals surface area (Å²) < 4.78 is 5.70. The number of halogens is 2. The predicted octanol–water partition coefficient (Wildman–Crippen LogP) is 4.95. The first-order valence-electron chi connectivity index (χ1n) is 7.07. The van der Waals surface area contributed by atoms with Crippen LogP contribution in [0.25, 0.3) is 0 Å². The fourth-order valence-electron chi connectivity index (χ4n) is 2.85. The second-order valence-electron chi connectivity index (χ2n) is 5.39. The van der Waals surface area contributed by atoms with Crippen LogP contribution >= 0.6 is 23.2 Å². The zero-order valence-corrected chi connectivity index (χ0v) is 13.1. The third-order valence-corrected chi connectivity index (χ3v) is 4.73. The molecule has 2 nitrogen and oxygen atoms in total. The molecule has 0 aromatic heterocycles. The van der Waals surface area contributed by atoms with Gasteiger partial charge in [-0.25, -0.2) is 0 Å². The second kappa shape index (κ2) is 6.27. The molecule has 1 aliphatic heterocycles. The predicted molar refractivity (Wildman–Crippen MR) is 87.3 cm³/mol. The van der Waals surface area contributed by atoms with Gasteiger partial charge in [0.15, 0.2) is 0 Å². The molecule has 1 heterocycles. The van der Waals surface area contributed by atoms with Crippen LogP contribution in [-0.2, 0) is 0 Å². The number of hydrogen-bond donors (Lipinski definition) is 1. The molecular formula is C17H17Cl2NO. The molecule has 0 bridgehead atoms. The maximum absolute atomic E-state index is 6.36. The summed E-state index contributed by atoms with van der Waals surface area (Å²) in [6.45, 7) is 0.746. The van der Waals surface area contributed by atoms with Gasteiger partial charge in [0.1, 0.15) is 5.75 Å². The molecule has 0 saturated heterocycles. The van der Waals surface area contributed by atoms with Gasteiger partial charge in [-0.15, -0.1) is 0 Å². The Labute approximate surface area is 134 Å². The van der Waals surface area contributed by atoms with Gasteiger partial charge in [-0.1, -0.05) is 47.5 Å². The molecule has 2 N–H and O–H groups in total. The van der Waals surface area contributed by atoms with E-state index >= 15 is 0 Å². The molecule has 2 unspecified atom stereocenters. The lowest BCUT2D eigenvalue weighted by Gasteiger charge is -2.28. The van der Waals surface area contributed by atoms with Crippen LogP contribution in [0.3, 0.4) is 0 Å². The first kappa shape index (κ1) is 14.7. The number of benzene rings is 2. The van der Waals surface area contributed by atoms with E-state index in [-0.39, 0.29) is 6.04 Å². The molecule has 2 atom stereocenters. The molecule has 1 aliphatic rings. The number of fused-ring (bicyclic) bond motifs is 1. The van der Waals surface area contributed by atoms with Crippen LogP contribution in [0.2, 0.25) is 10.0 Å². The summed E-state index contributed by atoms with van der Waals surface area (Å²) >= 11 is 12.0. The Bertz CT molecular complexity index is 644. The van der Waals surface area contributed by atoms with Crippen molar-refractivity contribution in [1.82, 2.24) is 0 Å². The third kappa shape index (κ3) is 3.18. The number of rotatable bonds is 3. The van der Waals surface area contributed by atoms with E-state index in [2.05, 4.69) is 6.07 Å². The van der Waals surface area contributed by atoms with E-state index in [1.807, 2.05) is 30.3 Å². The van der Waals surface area contributed by atoms with E-state index in [9.17, 15) is 0 Å². The minimum absolute atomic E-state index is 0.0593. The molecule has 21 heavy (non-hydrogen) atoms. The van der Waals surface area contributed by atoms with Crippen LogP contribution in [0, 0.1) is 0 Å². The van der Waals surface area contributed by atoms with Crippen LogP contribution in [0.15, 0.2) is 42.5 Å². The quantitative estimate of drug-likeness (QED) is 0.868. The number of nitrogens with two attached hydrogens (primary N) is 1. The molecule has 2 aromatic carbocycles. The van der Waals surface area contributed by atoms with Crippen molar-refractivity contribution < 1.29 is 4.74 Å². The van der Waals surface area contributed by atoms with Crippen LogP contribution in [0.1, 0.15) is 35.9 Å². The Balaban J connectivity index is 1.79. The largest absolute Gasteiger partial charge is 0.493 e. The first-order chi connectivity index (χ1) is 10.1. The molecule has 0 saturated carbocycles. The summed E-state index contributed by atoms with van der Waals surface area (Å²) in [5, 5.41) is 1.11. The molecule has 3 rings (SSSR count). The average molecular weight is 322 g/mol. The summed E-state index contributed by atoms with van der Waals surface area (Å²) in [6.07, 6.45) is 1.87. The van der Waals surface area contributed by atoms with Crippen molar-refractivity contribution in [2.45, 2.75) is 24.8 Å². The maximum Gasteiger partial charge on any atom is 0.122 e. The fraction of sp³-hybridized carbons (Fsp3) is 0.294. The van der Waals surface area contributed by atoms with E-state index in [0.717, 1.165) is 30.8 Å². The summed E-state index contributed by atoms with van der Waals surface area (Å²) in [4.78, 5) is 0. The van der Waals surface area contributed by atoms with E-state index in [1.165, 1.54) is 5.56 Å². The smallest absolute Gasteiger partial charge is 0.122 e. The highest BCUT2D eigenvalue weighted by molar-refractivity contribution is 6.42. The summed E-state index contributed by atoms with van der Waals surface area (Å²) in [5.74, 6) is 1.40. The SMILES string of the molecule is NC(CC1CCOc2ccccc21)c1ccc(Cl)c(Cl)c1. The lowest BCUT2D eigenvalue weighted by molar-refractivity contribution is 0.259. The molecular weight excluding hydrogens is 305 g/mol. The second-order valence-corrected chi connectivity index (χ2v) is 6.20. The van der Waals surface area contributed by atoms with Gasteiger partial charge in [0.25, 0.3) is 0 Å². The lowest BCUT2D eigenvalue weighted by atomic mass is 9.86. The van der Waals surface area contributed by atoms with Crippen LogP contribution < -0.4 is 10.5 Å². The van der Waals surface area contributed by atoms with Gasteiger partial charge in [0.05, 0.1) is 16.7 Å². The normalized spacial score (nSPS) is 18.7. The Morgan fingerprint density at radius 2 is 1.95 bits per heavy atom. The van der Waals surface area contributed by atoms with Gasteiger partial charge in [-0.2, -0.15) is 0 Å². The Kier molecular flexibility index (Phi) is 4.39. The van der Waals surface area contributed by atoms with Gasteiger partial charge < -0.3 is 10.5 Å². The van der Waals surface area contributed by atoms with Gasteiger partial charge in [-0.3, -0.25) is 0 Å². The number of hydrogen-bond acceptors (Lipinski definition) is 2. The maximum atomic E-state index is 6.36. The molecule has 4 heteroatoms. The van der Waals surface area contributed by atoms with Gasteiger partial charge in [0, 0.05) is 6.04 Å². The standard InChI is InChI=1S/C17H17Cl2NO/c18-14-6-5-12(9-15(14)19)16(20)10-11-7-8-21-17-4-2-1-3-13(11)17/h1-6,9,11,16H,7-8,10,20H2.